The first-order chi connectivity index (χ1) is 6.65. The van der Waals surface area contributed by atoms with E-state index < -0.39 is 0 Å². The van der Waals surface area contributed by atoms with Gasteiger partial charge in [-0.1, -0.05) is 13.8 Å². The molecule has 1 aromatic rings. The zero-order chi connectivity index (χ0) is 10.6. The van der Waals surface area contributed by atoms with Crippen LogP contribution in [0.2, 0.25) is 0 Å². The van der Waals surface area contributed by atoms with E-state index >= 15 is 0 Å². The van der Waals surface area contributed by atoms with Gasteiger partial charge in [0.2, 0.25) is 0 Å². The minimum absolute atomic E-state index is 0.522. The number of nitrogens with zero attached hydrogens (tertiary/aromatic N) is 2. The van der Waals surface area contributed by atoms with Crippen LogP contribution >= 0.6 is 0 Å². The second-order valence-electron chi connectivity index (χ2n) is 3.64. The highest BCUT2D eigenvalue weighted by atomic mass is 16.5. The fourth-order valence-electron chi connectivity index (χ4n) is 1.38. The Bertz CT molecular complexity index is 281. The van der Waals surface area contributed by atoms with Crippen LogP contribution in [0.5, 0.6) is 5.75 Å². The standard InChI is InChI=1S/C10H19N3O/c1-8(2)11-6-5-9-10(14-4)7-12-13(9)3/h7-8,11H,5-6H2,1-4H3. The number of nitrogens with one attached hydrogen (secondary N) is 1. The van der Waals surface area contributed by atoms with Crippen molar-refractivity contribution in [2.24, 2.45) is 7.05 Å². The van der Waals surface area contributed by atoms with Crippen LogP contribution in [0, 0.1) is 0 Å². The van der Waals surface area contributed by atoms with Gasteiger partial charge in [-0.15, -0.1) is 0 Å². The van der Waals surface area contributed by atoms with Crippen molar-refractivity contribution >= 4 is 0 Å². The number of hydrogen-bond acceptors (Lipinski definition) is 3. The number of aromatic nitrogens is 2. The molecule has 0 aliphatic rings. The first-order valence-electron chi connectivity index (χ1n) is 4.93. The summed E-state index contributed by atoms with van der Waals surface area (Å²) in [7, 11) is 3.61. The SMILES string of the molecule is COc1cnn(C)c1CCNC(C)C. The van der Waals surface area contributed by atoms with Gasteiger partial charge in [-0.3, -0.25) is 4.68 Å². The fraction of sp³-hybridized carbons (Fsp3) is 0.700. The minimum atomic E-state index is 0.522. The Balaban J connectivity index is 2.52. The quantitative estimate of drug-likeness (QED) is 0.764. The smallest absolute Gasteiger partial charge is 0.159 e. The average molecular weight is 197 g/mol. The molecule has 1 rings (SSSR count). The molecular weight excluding hydrogens is 178 g/mol. The normalized spacial score (nSPS) is 10.9. The number of rotatable bonds is 5. The van der Waals surface area contributed by atoms with E-state index in [-0.39, 0.29) is 0 Å². The summed E-state index contributed by atoms with van der Waals surface area (Å²) in [6.45, 7) is 5.23. The highest BCUT2D eigenvalue weighted by molar-refractivity contribution is 5.25. The number of aryl methyl sites for hydroxylation is 1. The number of hydrogen-bond donors (Lipinski definition) is 1. The van der Waals surface area contributed by atoms with Crippen molar-refractivity contribution in [2.45, 2.75) is 26.3 Å². The largest absolute Gasteiger partial charge is 0.493 e. The molecule has 1 aromatic heterocycles. The van der Waals surface area contributed by atoms with Crippen molar-refractivity contribution in [1.29, 1.82) is 0 Å². The Kier molecular flexibility index (Phi) is 3.95. The van der Waals surface area contributed by atoms with Crippen LogP contribution < -0.4 is 10.1 Å². The summed E-state index contributed by atoms with van der Waals surface area (Å²) in [5.74, 6) is 0.873. The molecule has 0 saturated carbocycles. The van der Waals surface area contributed by atoms with Crippen molar-refractivity contribution in [3.63, 3.8) is 0 Å². The lowest BCUT2D eigenvalue weighted by atomic mass is 10.2. The molecule has 14 heavy (non-hydrogen) atoms. The summed E-state index contributed by atoms with van der Waals surface area (Å²) in [4.78, 5) is 0. The topological polar surface area (TPSA) is 39.1 Å². The Hall–Kier alpha value is -1.03. The second kappa shape index (κ2) is 5.00. The molecule has 4 heteroatoms. The molecule has 0 aliphatic carbocycles. The van der Waals surface area contributed by atoms with E-state index in [0.29, 0.717) is 6.04 Å². The van der Waals surface area contributed by atoms with Gasteiger partial charge in [0.05, 0.1) is 19.0 Å². The molecule has 0 atom stereocenters. The predicted octanol–water partition coefficient (Wildman–Crippen LogP) is 0.969. The highest BCUT2D eigenvalue weighted by Gasteiger charge is 2.07. The zero-order valence-corrected chi connectivity index (χ0v) is 9.37. The summed E-state index contributed by atoms with van der Waals surface area (Å²) >= 11 is 0. The van der Waals surface area contributed by atoms with Crippen molar-refractivity contribution in [2.75, 3.05) is 13.7 Å². The van der Waals surface area contributed by atoms with Crippen LogP contribution in [0.4, 0.5) is 0 Å². The molecule has 0 fully saturated rings. The van der Waals surface area contributed by atoms with Gasteiger partial charge in [0, 0.05) is 26.1 Å². The van der Waals surface area contributed by atoms with E-state index in [1.54, 1.807) is 13.3 Å². The third kappa shape index (κ3) is 2.73. The van der Waals surface area contributed by atoms with Crippen molar-refractivity contribution < 1.29 is 4.74 Å². The maximum Gasteiger partial charge on any atom is 0.159 e. The van der Waals surface area contributed by atoms with Gasteiger partial charge in [0.15, 0.2) is 5.75 Å². The molecule has 0 aliphatic heterocycles. The summed E-state index contributed by atoms with van der Waals surface area (Å²) in [6.07, 6.45) is 2.70. The number of methoxy groups -OCH3 is 1. The van der Waals surface area contributed by atoms with Gasteiger partial charge in [0.1, 0.15) is 0 Å². The molecular formula is C10H19N3O. The molecule has 0 spiro atoms. The maximum absolute atomic E-state index is 5.21. The molecule has 0 saturated heterocycles. The first-order valence-corrected chi connectivity index (χ1v) is 4.93. The summed E-state index contributed by atoms with van der Waals surface area (Å²) < 4.78 is 7.07. The molecule has 0 bridgehead atoms. The minimum Gasteiger partial charge on any atom is -0.493 e. The van der Waals surface area contributed by atoms with Crippen molar-refractivity contribution in [3.8, 4) is 5.75 Å². The Labute approximate surface area is 85.3 Å². The predicted molar refractivity (Wildman–Crippen MR) is 56.6 cm³/mol. The van der Waals surface area contributed by atoms with E-state index in [1.807, 2.05) is 11.7 Å². The molecule has 4 nitrogen and oxygen atoms in total. The van der Waals surface area contributed by atoms with E-state index in [0.717, 1.165) is 24.4 Å². The van der Waals surface area contributed by atoms with Crippen LogP contribution in [0.15, 0.2) is 6.20 Å². The van der Waals surface area contributed by atoms with Gasteiger partial charge < -0.3 is 10.1 Å². The highest BCUT2D eigenvalue weighted by Crippen LogP contribution is 2.16. The van der Waals surface area contributed by atoms with Gasteiger partial charge >= 0.3 is 0 Å². The second-order valence-corrected chi connectivity index (χ2v) is 3.64. The van der Waals surface area contributed by atoms with Gasteiger partial charge in [-0.2, -0.15) is 5.10 Å². The van der Waals surface area contributed by atoms with E-state index in [4.69, 9.17) is 4.74 Å². The summed E-state index contributed by atoms with van der Waals surface area (Å²) in [5.41, 5.74) is 1.14. The van der Waals surface area contributed by atoms with Crippen LogP contribution in [-0.2, 0) is 13.5 Å². The Morgan fingerprint density at radius 2 is 2.29 bits per heavy atom. The van der Waals surface area contributed by atoms with E-state index in [9.17, 15) is 0 Å². The summed E-state index contributed by atoms with van der Waals surface area (Å²) in [6, 6.07) is 0.522. The molecule has 0 aromatic carbocycles. The number of ether oxygens (including phenoxy) is 1. The maximum atomic E-state index is 5.21. The van der Waals surface area contributed by atoms with Crippen LogP contribution in [0.25, 0.3) is 0 Å². The lowest BCUT2D eigenvalue weighted by Gasteiger charge is -2.09. The summed E-state index contributed by atoms with van der Waals surface area (Å²) in [5, 5.41) is 7.51. The first kappa shape index (κ1) is 11.0. The van der Waals surface area contributed by atoms with Crippen LogP contribution in [0.1, 0.15) is 19.5 Å². The Morgan fingerprint density at radius 1 is 1.57 bits per heavy atom. The molecule has 80 valence electrons. The lowest BCUT2D eigenvalue weighted by molar-refractivity contribution is 0.407. The van der Waals surface area contributed by atoms with Crippen LogP contribution in [-0.4, -0.2) is 29.5 Å². The van der Waals surface area contributed by atoms with E-state index in [1.165, 1.54) is 0 Å². The lowest BCUT2D eigenvalue weighted by Crippen LogP contribution is -2.25. The molecule has 1 N–H and O–H groups in total. The molecule has 0 radical (unpaired) electrons. The van der Waals surface area contributed by atoms with Crippen LogP contribution in [0.3, 0.4) is 0 Å². The van der Waals surface area contributed by atoms with Gasteiger partial charge in [0.25, 0.3) is 0 Å². The van der Waals surface area contributed by atoms with Crippen molar-refractivity contribution in [3.05, 3.63) is 11.9 Å². The Morgan fingerprint density at radius 3 is 2.86 bits per heavy atom. The fourth-order valence-corrected chi connectivity index (χ4v) is 1.38. The zero-order valence-electron chi connectivity index (χ0n) is 9.37. The van der Waals surface area contributed by atoms with E-state index in [2.05, 4.69) is 24.3 Å². The third-order valence-electron chi connectivity index (χ3n) is 2.16. The molecule has 1 heterocycles. The van der Waals surface area contributed by atoms with Gasteiger partial charge in [-0.25, -0.2) is 0 Å². The third-order valence-corrected chi connectivity index (χ3v) is 2.16. The van der Waals surface area contributed by atoms with Crippen molar-refractivity contribution in [1.82, 2.24) is 15.1 Å². The monoisotopic (exact) mass is 197 g/mol. The molecule has 0 amide bonds. The average Bonchev–Trinajstić information content (AvgIpc) is 2.47. The van der Waals surface area contributed by atoms with Gasteiger partial charge in [-0.05, 0) is 0 Å². The molecule has 0 unspecified atom stereocenters.